The number of anilines is 1. The van der Waals surface area contributed by atoms with Gasteiger partial charge in [-0.3, -0.25) is 14.9 Å². The lowest BCUT2D eigenvalue weighted by Gasteiger charge is -2.11. The van der Waals surface area contributed by atoms with Gasteiger partial charge in [-0.25, -0.2) is 0 Å². The first-order valence-electron chi connectivity index (χ1n) is 6.43. The highest BCUT2D eigenvalue weighted by Gasteiger charge is 2.28. The molecule has 0 saturated heterocycles. The normalized spacial score (nSPS) is 15.9. The van der Waals surface area contributed by atoms with Crippen LogP contribution in [0.2, 0.25) is 0 Å². The predicted octanol–water partition coefficient (Wildman–Crippen LogP) is 2.54. The monoisotopic (exact) mass is 284 g/mol. The summed E-state index contributed by atoms with van der Waals surface area (Å²) >= 11 is 0. The van der Waals surface area contributed by atoms with Gasteiger partial charge < -0.3 is 10.1 Å². The van der Waals surface area contributed by atoms with E-state index in [1.807, 2.05) is 24.3 Å². The SMILES string of the molecule is O=C(Nc1cccc([N+](=O)[O-])c1)[C@H]1Cc2ccccc2O1. The number of nitrogens with zero attached hydrogens (tertiary/aromatic N) is 1. The maximum absolute atomic E-state index is 12.2. The number of nitro benzene ring substituents is 1. The Morgan fingerprint density at radius 1 is 1.24 bits per heavy atom. The van der Waals surface area contributed by atoms with Crippen molar-refractivity contribution in [2.45, 2.75) is 12.5 Å². The molecule has 3 rings (SSSR count). The summed E-state index contributed by atoms with van der Waals surface area (Å²) in [6.45, 7) is 0. The van der Waals surface area contributed by atoms with E-state index in [9.17, 15) is 14.9 Å². The Hall–Kier alpha value is -2.89. The molecule has 0 bridgehead atoms. The maximum atomic E-state index is 12.2. The highest BCUT2D eigenvalue weighted by atomic mass is 16.6. The third-order valence-electron chi connectivity index (χ3n) is 3.26. The van der Waals surface area contributed by atoms with Crippen LogP contribution in [0.4, 0.5) is 11.4 Å². The summed E-state index contributed by atoms with van der Waals surface area (Å²) in [7, 11) is 0. The number of fused-ring (bicyclic) bond motifs is 1. The number of carbonyl (C=O) groups excluding carboxylic acids is 1. The van der Waals surface area contributed by atoms with Crippen molar-refractivity contribution < 1.29 is 14.5 Å². The number of rotatable bonds is 3. The molecular weight excluding hydrogens is 272 g/mol. The molecule has 1 aliphatic heterocycles. The molecule has 0 spiro atoms. The number of nitro groups is 1. The van der Waals surface area contributed by atoms with Crippen LogP contribution < -0.4 is 10.1 Å². The van der Waals surface area contributed by atoms with Crippen molar-refractivity contribution in [1.29, 1.82) is 0 Å². The molecule has 0 unspecified atom stereocenters. The lowest BCUT2D eigenvalue weighted by Crippen LogP contribution is -2.31. The van der Waals surface area contributed by atoms with Gasteiger partial charge in [-0.2, -0.15) is 0 Å². The topological polar surface area (TPSA) is 81.5 Å². The molecular formula is C15H12N2O4. The predicted molar refractivity (Wildman–Crippen MR) is 76.3 cm³/mol. The smallest absolute Gasteiger partial charge is 0.271 e. The molecule has 2 aromatic rings. The molecule has 6 heteroatoms. The van der Waals surface area contributed by atoms with Crippen molar-refractivity contribution in [3.05, 3.63) is 64.2 Å². The zero-order chi connectivity index (χ0) is 14.8. The van der Waals surface area contributed by atoms with Crippen molar-refractivity contribution in [2.24, 2.45) is 0 Å². The zero-order valence-electron chi connectivity index (χ0n) is 11.0. The minimum Gasteiger partial charge on any atom is -0.480 e. The minimum absolute atomic E-state index is 0.0663. The van der Waals surface area contributed by atoms with Crippen LogP contribution in [-0.4, -0.2) is 16.9 Å². The van der Waals surface area contributed by atoms with Gasteiger partial charge in [-0.1, -0.05) is 24.3 Å². The maximum Gasteiger partial charge on any atom is 0.271 e. The van der Waals surface area contributed by atoms with Gasteiger partial charge in [0.25, 0.3) is 11.6 Å². The molecule has 0 radical (unpaired) electrons. The molecule has 1 N–H and O–H groups in total. The molecule has 1 aliphatic rings. The number of carbonyl (C=O) groups is 1. The molecule has 0 fully saturated rings. The van der Waals surface area contributed by atoms with E-state index in [0.29, 0.717) is 17.9 Å². The third kappa shape index (κ3) is 2.69. The Kier molecular flexibility index (Phi) is 3.27. The first-order valence-corrected chi connectivity index (χ1v) is 6.43. The van der Waals surface area contributed by atoms with E-state index in [1.165, 1.54) is 18.2 Å². The van der Waals surface area contributed by atoms with E-state index >= 15 is 0 Å². The number of ether oxygens (including phenoxy) is 1. The van der Waals surface area contributed by atoms with E-state index < -0.39 is 11.0 Å². The molecule has 2 aromatic carbocycles. The van der Waals surface area contributed by atoms with Crippen LogP contribution in [0.3, 0.4) is 0 Å². The molecule has 106 valence electrons. The van der Waals surface area contributed by atoms with Gasteiger partial charge in [0, 0.05) is 24.2 Å². The molecule has 21 heavy (non-hydrogen) atoms. The van der Waals surface area contributed by atoms with E-state index in [-0.39, 0.29) is 11.6 Å². The summed E-state index contributed by atoms with van der Waals surface area (Å²) in [6.07, 6.45) is -0.113. The van der Waals surface area contributed by atoms with Crippen molar-refractivity contribution in [3.8, 4) is 5.75 Å². The average Bonchev–Trinajstić information content (AvgIpc) is 2.91. The number of amides is 1. The second kappa shape index (κ2) is 5.24. The van der Waals surface area contributed by atoms with Crippen LogP contribution in [0.25, 0.3) is 0 Å². The van der Waals surface area contributed by atoms with Gasteiger partial charge in [-0.15, -0.1) is 0 Å². The molecule has 1 atom stereocenters. The molecule has 0 aliphatic carbocycles. The van der Waals surface area contributed by atoms with Crippen molar-refractivity contribution in [3.63, 3.8) is 0 Å². The molecule has 0 saturated carbocycles. The first kappa shape index (κ1) is 13.1. The second-order valence-corrected chi connectivity index (χ2v) is 4.72. The summed E-state index contributed by atoms with van der Waals surface area (Å²) in [4.78, 5) is 22.4. The van der Waals surface area contributed by atoms with Gasteiger partial charge in [0.1, 0.15) is 5.75 Å². The van der Waals surface area contributed by atoms with Crippen molar-refractivity contribution >= 4 is 17.3 Å². The van der Waals surface area contributed by atoms with E-state index in [2.05, 4.69) is 5.32 Å². The fourth-order valence-electron chi connectivity index (χ4n) is 2.25. The van der Waals surface area contributed by atoms with Crippen LogP contribution in [-0.2, 0) is 11.2 Å². The average molecular weight is 284 g/mol. The number of hydrogen-bond donors (Lipinski definition) is 1. The Bertz CT molecular complexity index is 689. The zero-order valence-corrected chi connectivity index (χ0v) is 11.0. The quantitative estimate of drug-likeness (QED) is 0.693. The van der Waals surface area contributed by atoms with Crippen LogP contribution in [0.5, 0.6) is 5.75 Å². The number of para-hydroxylation sites is 1. The summed E-state index contributed by atoms with van der Waals surface area (Å²) in [6, 6.07) is 13.3. The molecule has 6 nitrogen and oxygen atoms in total. The van der Waals surface area contributed by atoms with Crippen molar-refractivity contribution in [2.75, 3.05) is 5.32 Å². The summed E-state index contributed by atoms with van der Waals surface area (Å²) in [5, 5.41) is 13.4. The van der Waals surface area contributed by atoms with E-state index in [0.717, 1.165) is 5.56 Å². The van der Waals surface area contributed by atoms with Gasteiger partial charge >= 0.3 is 0 Å². The van der Waals surface area contributed by atoms with Gasteiger partial charge in [0.15, 0.2) is 6.10 Å². The second-order valence-electron chi connectivity index (χ2n) is 4.72. The molecule has 0 aromatic heterocycles. The summed E-state index contributed by atoms with van der Waals surface area (Å²) in [5.41, 5.74) is 1.30. The number of nitrogens with one attached hydrogen (secondary N) is 1. The standard InChI is InChI=1S/C15H12N2O4/c18-15(14-8-10-4-1-2-7-13(10)21-14)16-11-5-3-6-12(9-11)17(19)20/h1-7,9,14H,8H2,(H,16,18)/t14-/m1/s1. The Morgan fingerprint density at radius 3 is 2.81 bits per heavy atom. The highest BCUT2D eigenvalue weighted by Crippen LogP contribution is 2.28. The van der Waals surface area contributed by atoms with Crippen LogP contribution in [0.1, 0.15) is 5.56 Å². The van der Waals surface area contributed by atoms with Crippen molar-refractivity contribution in [1.82, 2.24) is 0 Å². The first-order chi connectivity index (χ1) is 10.1. The number of hydrogen-bond acceptors (Lipinski definition) is 4. The van der Waals surface area contributed by atoms with E-state index in [1.54, 1.807) is 6.07 Å². The Morgan fingerprint density at radius 2 is 2.05 bits per heavy atom. The summed E-state index contributed by atoms with van der Waals surface area (Å²) in [5.74, 6) is 0.392. The van der Waals surface area contributed by atoms with Crippen LogP contribution in [0.15, 0.2) is 48.5 Å². The lowest BCUT2D eigenvalue weighted by molar-refractivity contribution is -0.384. The highest BCUT2D eigenvalue weighted by molar-refractivity contribution is 5.95. The number of benzene rings is 2. The fraction of sp³-hybridized carbons (Fsp3) is 0.133. The van der Waals surface area contributed by atoms with Crippen LogP contribution >= 0.6 is 0 Å². The Balaban J connectivity index is 1.71. The Labute approximate surface area is 120 Å². The molecule has 1 heterocycles. The van der Waals surface area contributed by atoms with Gasteiger partial charge in [-0.05, 0) is 17.7 Å². The largest absolute Gasteiger partial charge is 0.480 e. The summed E-state index contributed by atoms with van der Waals surface area (Å²) < 4.78 is 5.57. The van der Waals surface area contributed by atoms with Gasteiger partial charge in [0.2, 0.25) is 0 Å². The minimum atomic E-state index is -0.610. The van der Waals surface area contributed by atoms with E-state index in [4.69, 9.17) is 4.74 Å². The van der Waals surface area contributed by atoms with Gasteiger partial charge in [0.05, 0.1) is 4.92 Å². The van der Waals surface area contributed by atoms with Crippen LogP contribution in [0, 0.1) is 10.1 Å². The third-order valence-corrected chi connectivity index (χ3v) is 3.26. The fourth-order valence-corrected chi connectivity index (χ4v) is 2.25. The molecule has 1 amide bonds. The lowest BCUT2D eigenvalue weighted by atomic mass is 10.1. The number of non-ortho nitro benzene ring substituents is 1.